The molecule has 1 fully saturated rings. The minimum absolute atomic E-state index is 0.588. The van der Waals surface area contributed by atoms with Gasteiger partial charge in [0.2, 0.25) is 0 Å². The zero-order valence-corrected chi connectivity index (χ0v) is 17.8. The lowest BCUT2D eigenvalue weighted by Gasteiger charge is -2.16. The molecule has 1 aliphatic rings. The molecule has 0 atom stereocenters. The molecule has 1 heterocycles. The smallest absolute Gasteiger partial charge is 0.191 e. The number of benzene rings is 1. The van der Waals surface area contributed by atoms with E-state index >= 15 is 0 Å². The molecule has 0 bridgehead atoms. The van der Waals surface area contributed by atoms with Gasteiger partial charge in [0.25, 0.3) is 0 Å². The molecule has 2 N–H and O–H groups in total. The zero-order chi connectivity index (χ0) is 19.6. The molecule has 0 aliphatic heterocycles. The normalized spacial score (nSPS) is 15.1. The molecule has 6 nitrogen and oxygen atoms in total. The number of guanidine groups is 1. The fraction of sp³-hybridized carbons (Fsp3) is 0.571. The fourth-order valence-electron chi connectivity index (χ4n) is 3.70. The first-order valence-corrected chi connectivity index (χ1v) is 11.6. The molecular formula is C21H32N6S. The predicted molar refractivity (Wildman–Crippen MR) is 117 cm³/mol. The summed E-state index contributed by atoms with van der Waals surface area (Å²) in [6, 6.07) is 10.9. The van der Waals surface area contributed by atoms with Crippen molar-refractivity contribution in [3.8, 4) is 0 Å². The van der Waals surface area contributed by atoms with Crippen LogP contribution in [0.5, 0.6) is 0 Å². The molecule has 0 spiro atoms. The third-order valence-electron chi connectivity index (χ3n) is 5.08. The number of thioether (sulfide) groups is 1. The second-order valence-corrected chi connectivity index (χ2v) is 7.90. The topological polar surface area (TPSA) is 67.1 Å². The first kappa shape index (κ1) is 20.7. The summed E-state index contributed by atoms with van der Waals surface area (Å²) in [5.41, 5.74) is 1.22. The molecule has 2 aromatic rings. The molecule has 1 saturated carbocycles. The van der Waals surface area contributed by atoms with Crippen LogP contribution in [0.2, 0.25) is 0 Å². The van der Waals surface area contributed by atoms with E-state index in [4.69, 9.17) is 0 Å². The van der Waals surface area contributed by atoms with Crippen LogP contribution in [0.1, 0.15) is 56.5 Å². The minimum atomic E-state index is 0.588. The van der Waals surface area contributed by atoms with Crippen LogP contribution in [0.4, 0.5) is 0 Å². The fourth-order valence-corrected chi connectivity index (χ4v) is 4.27. The van der Waals surface area contributed by atoms with E-state index in [0.717, 1.165) is 42.9 Å². The van der Waals surface area contributed by atoms with E-state index < -0.39 is 0 Å². The summed E-state index contributed by atoms with van der Waals surface area (Å²) >= 11 is 1.70. The van der Waals surface area contributed by atoms with Crippen molar-refractivity contribution in [3.63, 3.8) is 0 Å². The number of rotatable bonds is 9. The van der Waals surface area contributed by atoms with Gasteiger partial charge >= 0.3 is 0 Å². The molecule has 0 unspecified atom stereocenters. The highest BCUT2D eigenvalue weighted by molar-refractivity contribution is 7.98. The van der Waals surface area contributed by atoms with Crippen molar-refractivity contribution in [2.45, 2.75) is 63.2 Å². The molecular weight excluding hydrogens is 368 g/mol. The molecule has 1 aliphatic carbocycles. The summed E-state index contributed by atoms with van der Waals surface area (Å²) in [4.78, 5) is 4.68. The van der Waals surface area contributed by atoms with Crippen LogP contribution in [-0.4, -0.2) is 40.1 Å². The van der Waals surface area contributed by atoms with Crippen LogP contribution in [-0.2, 0) is 13.0 Å². The molecule has 0 radical (unpaired) electrons. The van der Waals surface area contributed by atoms with Gasteiger partial charge in [0, 0.05) is 25.6 Å². The standard InChI is InChI=1S/C21H32N6S/c1-3-22-20(24-16-17-10-5-4-6-11-17)23-15-9-14-19-25-26-21(28-2)27(19)18-12-7-8-13-18/h4-6,10-11,18H,3,7-9,12-16H2,1-2H3,(H2,22,23,24). The summed E-state index contributed by atoms with van der Waals surface area (Å²) in [6.07, 6.45) is 9.20. The van der Waals surface area contributed by atoms with Gasteiger partial charge in [0.15, 0.2) is 11.1 Å². The number of nitrogens with zero attached hydrogens (tertiary/aromatic N) is 4. The van der Waals surface area contributed by atoms with Crippen molar-refractivity contribution in [2.24, 2.45) is 4.99 Å². The average molecular weight is 401 g/mol. The quantitative estimate of drug-likeness (QED) is 0.290. The Morgan fingerprint density at radius 3 is 2.68 bits per heavy atom. The number of hydrogen-bond acceptors (Lipinski definition) is 4. The maximum atomic E-state index is 4.68. The molecule has 28 heavy (non-hydrogen) atoms. The van der Waals surface area contributed by atoms with Crippen molar-refractivity contribution >= 4 is 17.7 Å². The maximum Gasteiger partial charge on any atom is 0.191 e. The molecule has 152 valence electrons. The lowest BCUT2D eigenvalue weighted by molar-refractivity contribution is 0.460. The average Bonchev–Trinajstić information content (AvgIpc) is 3.39. The predicted octanol–water partition coefficient (Wildman–Crippen LogP) is 3.80. The molecule has 0 saturated heterocycles. The first-order chi connectivity index (χ1) is 13.8. The zero-order valence-electron chi connectivity index (χ0n) is 17.0. The largest absolute Gasteiger partial charge is 0.357 e. The number of aliphatic imine (C=N–C) groups is 1. The minimum Gasteiger partial charge on any atom is -0.357 e. The number of aromatic nitrogens is 3. The van der Waals surface area contributed by atoms with Crippen molar-refractivity contribution in [3.05, 3.63) is 41.7 Å². The van der Waals surface area contributed by atoms with Crippen LogP contribution in [0, 0.1) is 0 Å². The van der Waals surface area contributed by atoms with E-state index in [1.54, 1.807) is 11.8 Å². The van der Waals surface area contributed by atoms with Gasteiger partial charge in [-0.15, -0.1) is 10.2 Å². The van der Waals surface area contributed by atoms with Gasteiger partial charge in [-0.3, -0.25) is 0 Å². The summed E-state index contributed by atoms with van der Waals surface area (Å²) in [5.74, 6) is 2.00. The van der Waals surface area contributed by atoms with Crippen molar-refractivity contribution < 1.29 is 0 Å². The molecule has 3 rings (SSSR count). The van der Waals surface area contributed by atoms with Gasteiger partial charge in [-0.05, 0) is 38.0 Å². The highest BCUT2D eigenvalue weighted by Crippen LogP contribution is 2.33. The van der Waals surface area contributed by atoms with Crippen LogP contribution in [0.3, 0.4) is 0 Å². The summed E-state index contributed by atoms with van der Waals surface area (Å²) in [6.45, 7) is 4.50. The van der Waals surface area contributed by atoms with Crippen LogP contribution < -0.4 is 10.6 Å². The summed E-state index contributed by atoms with van der Waals surface area (Å²) in [7, 11) is 0. The van der Waals surface area contributed by atoms with E-state index in [-0.39, 0.29) is 0 Å². The van der Waals surface area contributed by atoms with Gasteiger partial charge in [0.05, 0.1) is 6.54 Å². The Labute approximate surface area is 172 Å². The monoisotopic (exact) mass is 400 g/mol. The van der Waals surface area contributed by atoms with Crippen molar-refractivity contribution in [1.82, 2.24) is 25.4 Å². The van der Waals surface area contributed by atoms with Crippen LogP contribution in [0.15, 0.2) is 40.5 Å². The van der Waals surface area contributed by atoms with E-state index in [2.05, 4.69) is 67.8 Å². The van der Waals surface area contributed by atoms with E-state index in [9.17, 15) is 0 Å². The van der Waals surface area contributed by atoms with Crippen LogP contribution >= 0.6 is 11.8 Å². The third-order valence-corrected chi connectivity index (χ3v) is 5.73. The molecule has 1 aromatic carbocycles. The van der Waals surface area contributed by atoms with E-state index in [1.807, 2.05) is 6.07 Å². The first-order valence-electron chi connectivity index (χ1n) is 10.4. The van der Waals surface area contributed by atoms with E-state index in [1.165, 1.54) is 31.2 Å². The summed E-state index contributed by atoms with van der Waals surface area (Å²) in [5, 5.41) is 16.7. The highest BCUT2D eigenvalue weighted by Gasteiger charge is 2.23. The number of hydrogen-bond donors (Lipinski definition) is 2. The van der Waals surface area contributed by atoms with Crippen molar-refractivity contribution in [2.75, 3.05) is 19.3 Å². The van der Waals surface area contributed by atoms with Crippen molar-refractivity contribution in [1.29, 1.82) is 0 Å². The maximum absolute atomic E-state index is 4.68. The Hall–Kier alpha value is -2.02. The molecule has 7 heteroatoms. The Kier molecular flexibility index (Phi) is 8.21. The van der Waals surface area contributed by atoms with Gasteiger partial charge in [-0.25, -0.2) is 4.99 Å². The second-order valence-electron chi connectivity index (χ2n) is 7.12. The van der Waals surface area contributed by atoms with Gasteiger partial charge in [-0.1, -0.05) is 54.9 Å². The SMILES string of the molecule is CCNC(=NCc1ccccc1)NCCCc1nnc(SC)n1C1CCCC1. The summed E-state index contributed by atoms with van der Waals surface area (Å²) < 4.78 is 2.40. The second kappa shape index (κ2) is 11.1. The van der Waals surface area contributed by atoms with Gasteiger partial charge in [0.1, 0.15) is 5.82 Å². The Morgan fingerprint density at radius 1 is 1.18 bits per heavy atom. The highest BCUT2D eigenvalue weighted by atomic mass is 32.2. The van der Waals surface area contributed by atoms with Crippen LogP contribution in [0.25, 0.3) is 0 Å². The number of aryl methyl sites for hydroxylation is 1. The molecule has 1 aromatic heterocycles. The Bertz CT molecular complexity index is 737. The van der Waals surface area contributed by atoms with Gasteiger partial charge < -0.3 is 15.2 Å². The lowest BCUT2D eigenvalue weighted by atomic mass is 10.2. The lowest BCUT2D eigenvalue weighted by Crippen LogP contribution is -2.37. The molecule has 0 amide bonds. The Morgan fingerprint density at radius 2 is 1.96 bits per heavy atom. The Balaban J connectivity index is 1.51. The van der Waals surface area contributed by atoms with Gasteiger partial charge in [-0.2, -0.15) is 0 Å². The third kappa shape index (κ3) is 5.74. The number of nitrogens with one attached hydrogen (secondary N) is 2. The van der Waals surface area contributed by atoms with E-state index in [0.29, 0.717) is 12.6 Å².